The molecule has 1 rings (SSSR count). The average molecular weight is 207 g/mol. The number of benzene rings is 1. The molecule has 0 heterocycles. The summed E-state index contributed by atoms with van der Waals surface area (Å²) in [5, 5.41) is 13.2. The molecule has 0 aliphatic rings. The van der Waals surface area contributed by atoms with Crippen LogP contribution in [0.3, 0.4) is 0 Å². The Labute approximate surface area is 92.3 Å². The van der Waals surface area contributed by atoms with E-state index in [-0.39, 0.29) is 0 Å². The van der Waals surface area contributed by atoms with Crippen molar-refractivity contribution in [2.45, 2.75) is 46.6 Å². The van der Waals surface area contributed by atoms with Gasteiger partial charge in [0.15, 0.2) is 0 Å². The highest BCUT2D eigenvalue weighted by Crippen LogP contribution is 2.28. The Kier molecular flexibility index (Phi) is 4.01. The molecule has 0 amide bonds. The number of hydrogen-bond donors (Lipinski definition) is 2. The molecule has 0 aliphatic carbocycles. The Morgan fingerprint density at radius 1 is 1.33 bits per heavy atom. The first-order valence-corrected chi connectivity index (χ1v) is 5.62. The topological polar surface area (TPSA) is 32.3 Å². The maximum absolute atomic E-state index is 9.79. The Balaban J connectivity index is 2.82. The van der Waals surface area contributed by atoms with E-state index in [4.69, 9.17) is 0 Å². The molecule has 1 unspecified atom stereocenters. The fourth-order valence-electron chi connectivity index (χ4n) is 1.76. The standard InChI is InChI=1S/C13H21NO/c1-5-6-10(3)14-12-8-7-9(2)13(15)11(12)4/h7-8,10,14-15H,5-6H2,1-4H3. The van der Waals surface area contributed by atoms with Crippen LogP contribution in [-0.4, -0.2) is 11.1 Å². The Hall–Kier alpha value is -1.18. The van der Waals surface area contributed by atoms with E-state index >= 15 is 0 Å². The van der Waals surface area contributed by atoms with Crippen molar-refractivity contribution in [1.29, 1.82) is 0 Å². The Morgan fingerprint density at radius 2 is 2.00 bits per heavy atom. The number of rotatable bonds is 4. The second-order valence-corrected chi connectivity index (χ2v) is 4.24. The number of phenols is 1. The van der Waals surface area contributed by atoms with Crippen molar-refractivity contribution < 1.29 is 5.11 Å². The van der Waals surface area contributed by atoms with Crippen molar-refractivity contribution in [2.24, 2.45) is 0 Å². The molecular weight excluding hydrogens is 186 g/mol. The van der Waals surface area contributed by atoms with Crippen LogP contribution in [0.15, 0.2) is 12.1 Å². The summed E-state index contributed by atoms with van der Waals surface area (Å²) in [6.45, 7) is 8.21. The molecule has 2 N–H and O–H groups in total. The summed E-state index contributed by atoms with van der Waals surface area (Å²) in [7, 11) is 0. The van der Waals surface area contributed by atoms with Gasteiger partial charge in [-0.1, -0.05) is 19.4 Å². The van der Waals surface area contributed by atoms with Crippen LogP contribution in [0.5, 0.6) is 5.75 Å². The lowest BCUT2D eigenvalue weighted by atomic mass is 10.1. The predicted molar refractivity (Wildman–Crippen MR) is 65.6 cm³/mol. The summed E-state index contributed by atoms with van der Waals surface area (Å²) in [5.74, 6) is 0.406. The van der Waals surface area contributed by atoms with E-state index in [1.165, 1.54) is 6.42 Å². The van der Waals surface area contributed by atoms with E-state index < -0.39 is 0 Å². The van der Waals surface area contributed by atoms with Crippen LogP contribution < -0.4 is 5.32 Å². The smallest absolute Gasteiger partial charge is 0.123 e. The minimum atomic E-state index is 0.406. The van der Waals surface area contributed by atoms with Gasteiger partial charge in [-0.05, 0) is 38.8 Å². The lowest BCUT2D eigenvalue weighted by molar-refractivity contribution is 0.467. The highest BCUT2D eigenvalue weighted by atomic mass is 16.3. The molecule has 1 atom stereocenters. The lowest BCUT2D eigenvalue weighted by Crippen LogP contribution is -2.15. The zero-order chi connectivity index (χ0) is 11.4. The quantitative estimate of drug-likeness (QED) is 0.790. The third-order valence-corrected chi connectivity index (χ3v) is 2.76. The van der Waals surface area contributed by atoms with Crippen molar-refractivity contribution in [3.63, 3.8) is 0 Å². The van der Waals surface area contributed by atoms with Crippen molar-refractivity contribution in [2.75, 3.05) is 5.32 Å². The van der Waals surface area contributed by atoms with Crippen LogP contribution in [0, 0.1) is 13.8 Å². The van der Waals surface area contributed by atoms with Gasteiger partial charge in [0.2, 0.25) is 0 Å². The number of hydrogen-bond acceptors (Lipinski definition) is 2. The molecule has 1 aromatic carbocycles. The lowest BCUT2D eigenvalue weighted by Gasteiger charge is -2.17. The van der Waals surface area contributed by atoms with Gasteiger partial charge >= 0.3 is 0 Å². The highest BCUT2D eigenvalue weighted by molar-refractivity contribution is 5.59. The van der Waals surface area contributed by atoms with Gasteiger partial charge in [-0.2, -0.15) is 0 Å². The van der Waals surface area contributed by atoms with Crippen LogP contribution >= 0.6 is 0 Å². The normalized spacial score (nSPS) is 12.5. The van der Waals surface area contributed by atoms with Crippen molar-refractivity contribution in [1.82, 2.24) is 0 Å². The van der Waals surface area contributed by atoms with Crippen LogP contribution in [0.4, 0.5) is 5.69 Å². The van der Waals surface area contributed by atoms with Crippen molar-refractivity contribution >= 4 is 5.69 Å². The molecule has 0 bridgehead atoms. The molecule has 84 valence electrons. The molecule has 0 aliphatic heterocycles. The molecule has 15 heavy (non-hydrogen) atoms. The van der Waals surface area contributed by atoms with Gasteiger partial charge in [-0.25, -0.2) is 0 Å². The van der Waals surface area contributed by atoms with Gasteiger partial charge < -0.3 is 10.4 Å². The van der Waals surface area contributed by atoms with Crippen LogP contribution in [0.1, 0.15) is 37.8 Å². The number of aryl methyl sites for hydroxylation is 1. The van der Waals surface area contributed by atoms with E-state index in [9.17, 15) is 5.11 Å². The second kappa shape index (κ2) is 5.06. The molecule has 0 fully saturated rings. The zero-order valence-electron chi connectivity index (χ0n) is 10.1. The van der Waals surface area contributed by atoms with E-state index in [1.807, 2.05) is 26.0 Å². The Morgan fingerprint density at radius 3 is 2.60 bits per heavy atom. The fraction of sp³-hybridized carbons (Fsp3) is 0.538. The summed E-state index contributed by atoms with van der Waals surface area (Å²) in [5.41, 5.74) is 2.91. The number of phenolic OH excluding ortho intramolecular Hbond substituents is 1. The summed E-state index contributed by atoms with van der Waals surface area (Å²) in [6.07, 6.45) is 2.32. The zero-order valence-corrected chi connectivity index (χ0v) is 10.1. The molecular formula is C13H21NO. The third-order valence-electron chi connectivity index (χ3n) is 2.76. The van der Waals surface area contributed by atoms with Crippen molar-refractivity contribution in [3.8, 4) is 5.75 Å². The van der Waals surface area contributed by atoms with Gasteiger partial charge in [0, 0.05) is 17.3 Å². The molecule has 0 radical (unpaired) electrons. The number of aromatic hydroxyl groups is 1. The van der Waals surface area contributed by atoms with Crippen LogP contribution in [0.2, 0.25) is 0 Å². The monoisotopic (exact) mass is 207 g/mol. The largest absolute Gasteiger partial charge is 0.507 e. The summed E-state index contributed by atoms with van der Waals surface area (Å²) >= 11 is 0. The minimum absolute atomic E-state index is 0.406. The minimum Gasteiger partial charge on any atom is -0.507 e. The average Bonchev–Trinajstić information content (AvgIpc) is 2.20. The van der Waals surface area contributed by atoms with Crippen molar-refractivity contribution in [3.05, 3.63) is 23.3 Å². The predicted octanol–water partition coefficient (Wildman–Crippen LogP) is 3.61. The van der Waals surface area contributed by atoms with Gasteiger partial charge in [0.05, 0.1) is 0 Å². The highest BCUT2D eigenvalue weighted by Gasteiger charge is 2.07. The first-order chi connectivity index (χ1) is 7.06. The molecule has 0 saturated heterocycles. The number of nitrogens with one attached hydrogen (secondary N) is 1. The van der Waals surface area contributed by atoms with Crippen LogP contribution in [0.25, 0.3) is 0 Å². The van der Waals surface area contributed by atoms with E-state index in [0.29, 0.717) is 11.8 Å². The Bertz CT molecular complexity index is 334. The SMILES string of the molecule is CCCC(C)Nc1ccc(C)c(O)c1C. The van der Waals surface area contributed by atoms with Gasteiger partial charge in [0.1, 0.15) is 5.75 Å². The summed E-state index contributed by atoms with van der Waals surface area (Å²) in [4.78, 5) is 0. The molecule has 2 heteroatoms. The molecule has 1 aromatic rings. The number of anilines is 1. The molecule has 0 saturated carbocycles. The van der Waals surface area contributed by atoms with Gasteiger partial charge in [-0.3, -0.25) is 0 Å². The second-order valence-electron chi connectivity index (χ2n) is 4.24. The maximum atomic E-state index is 9.79. The fourth-order valence-corrected chi connectivity index (χ4v) is 1.76. The molecule has 0 spiro atoms. The first kappa shape index (κ1) is 11.9. The van der Waals surface area contributed by atoms with Gasteiger partial charge in [-0.15, -0.1) is 0 Å². The van der Waals surface area contributed by atoms with E-state index in [1.54, 1.807) is 0 Å². The molecule has 0 aromatic heterocycles. The summed E-state index contributed by atoms with van der Waals surface area (Å²) < 4.78 is 0. The third kappa shape index (κ3) is 2.88. The maximum Gasteiger partial charge on any atom is 0.123 e. The molecule has 2 nitrogen and oxygen atoms in total. The first-order valence-electron chi connectivity index (χ1n) is 5.62. The van der Waals surface area contributed by atoms with E-state index in [0.717, 1.165) is 23.2 Å². The van der Waals surface area contributed by atoms with Gasteiger partial charge in [0.25, 0.3) is 0 Å². The van der Waals surface area contributed by atoms with E-state index in [2.05, 4.69) is 19.2 Å². The summed E-state index contributed by atoms with van der Waals surface area (Å²) in [6, 6.07) is 4.44. The van der Waals surface area contributed by atoms with Crippen LogP contribution in [-0.2, 0) is 0 Å².